The minimum absolute atomic E-state index is 0.149. The number of rotatable bonds is 4. The third kappa shape index (κ3) is 2.51. The maximum absolute atomic E-state index is 10.1. The van der Waals surface area contributed by atoms with E-state index in [0.717, 1.165) is 46.3 Å². The quantitative estimate of drug-likeness (QED) is 0.717. The van der Waals surface area contributed by atoms with E-state index in [-0.39, 0.29) is 5.75 Å². The standard InChI is InChI=1S/C21H21NO5/c1-24-17-6-5-13-15(20(17)26-3)11-22-8-7-12-9-16(23)18(25-2)10-14(12)19(22)21(13)27-4/h5-6,9-11H,7-8H2,1-4H3/p+1. The van der Waals surface area contributed by atoms with Crippen LogP contribution in [0.1, 0.15) is 5.56 Å². The van der Waals surface area contributed by atoms with Crippen LogP contribution < -0.4 is 23.5 Å². The van der Waals surface area contributed by atoms with Gasteiger partial charge in [-0.2, -0.15) is 4.57 Å². The molecule has 0 saturated carbocycles. The van der Waals surface area contributed by atoms with Crippen LogP contribution in [0, 0.1) is 0 Å². The summed E-state index contributed by atoms with van der Waals surface area (Å²) in [5.41, 5.74) is 3.01. The molecule has 0 saturated heterocycles. The largest absolute Gasteiger partial charge is 0.504 e. The molecule has 140 valence electrons. The van der Waals surface area contributed by atoms with Gasteiger partial charge in [0.1, 0.15) is 0 Å². The van der Waals surface area contributed by atoms with Gasteiger partial charge >= 0.3 is 0 Å². The first-order chi connectivity index (χ1) is 13.1. The number of aromatic nitrogens is 1. The minimum Gasteiger partial charge on any atom is -0.504 e. The molecule has 0 spiro atoms. The highest BCUT2D eigenvalue weighted by molar-refractivity contribution is 5.97. The zero-order valence-electron chi connectivity index (χ0n) is 15.8. The predicted octanol–water partition coefficient (Wildman–Crippen LogP) is 3.09. The van der Waals surface area contributed by atoms with Gasteiger partial charge in [0.15, 0.2) is 41.5 Å². The third-order valence-corrected chi connectivity index (χ3v) is 5.10. The van der Waals surface area contributed by atoms with Crippen molar-refractivity contribution in [3.8, 4) is 40.0 Å². The van der Waals surface area contributed by atoms with Crippen molar-refractivity contribution in [2.75, 3.05) is 28.4 Å². The number of hydrogen-bond donors (Lipinski definition) is 1. The number of pyridine rings is 1. The van der Waals surface area contributed by atoms with Gasteiger partial charge in [-0.05, 0) is 29.8 Å². The van der Waals surface area contributed by atoms with Crippen molar-refractivity contribution in [3.05, 3.63) is 36.0 Å². The van der Waals surface area contributed by atoms with Gasteiger partial charge in [-0.1, -0.05) is 0 Å². The van der Waals surface area contributed by atoms with Crippen LogP contribution in [0.4, 0.5) is 0 Å². The number of fused-ring (bicyclic) bond motifs is 4. The number of aryl methyl sites for hydroxylation is 2. The van der Waals surface area contributed by atoms with Gasteiger partial charge in [0.05, 0.1) is 39.4 Å². The monoisotopic (exact) mass is 368 g/mol. The lowest BCUT2D eigenvalue weighted by molar-refractivity contribution is -0.686. The maximum Gasteiger partial charge on any atom is 0.256 e. The Kier molecular flexibility index (Phi) is 4.18. The number of phenolic OH excluding ortho intramolecular Hbond substituents is 1. The first-order valence-corrected chi connectivity index (χ1v) is 8.68. The molecule has 0 bridgehead atoms. The summed E-state index contributed by atoms with van der Waals surface area (Å²) >= 11 is 0. The van der Waals surface area contributed by atoms with Gasteiger partial charge < -0.3 is 24.1 Å². The van der Waals surface area contributed by atoms with Crippen LogP contribution in [-0.4, -0.2) is 33.5 Å². The Morgan fingerprint density at radius 1 is 0.852 bits per heavy atom. The lowest BCUT2D eigenvalue weighted by atomic mass is 9.94. The summed E-state index contributed by atoms with van der Waals surface area (Å²) < 4.78 is 24.4. The SMILES string of the molecule is COc1cc2c(cc1O)CC[n+]1cc3c(OC)c(OC)ccc3c(OC)c1-2. The topological polar surface area (TPSA) is 61.0 Å². The Labute approximate surface area is 157 Å². The van der Waals surface area contributed by atoms with Gasteiger partial charge in [-0.25, -0.2) is 0 Å². The number of aromatic hydroxyl groups is 1. The Bertz CT molecular complexity index is 1040. The van der Waals surface area contributed by atoms with E-state index in [1.165, 1.54) is 0 Å². The van der Waals surface area contributed by atoms with Gasteiger partial charge in [0.2, 0.25) is 0 Å². The van der Waals surface area contributed by atoms with Gasteiger partial charge in [-0.15, -0.1) is 0 Å². The first kappa shape index (κ1) is 17.3. The van der Waals surface area contributed by atoms with Crippen molar-refractivity contribution >= 4 is 10.8 Å². The molecular formula is C21H22NO5+. The summed E-state index contributed by atoms with van der Waals surface area (Å²) in [6.07, 6.45) is 2.86. The number of methoxy groups -OCH3 is 4. The van der Waals surface area contributed by atoms with Gasteiger partial charge in [0.25, 0.3) is 5.69 Å². The molecule has 1 aromatic heterocycles. The van der Waals surface area contributed by atoms with Crippen LogP contribution in [0.2, 0.25) is 0 Å². The summed E-state index contributed by atoms with van der Waals surface area (Å²) in [7, 11) is 6.48. The van der Waals surface area contributed by atoms with Gasteiger partial charge in [0, 0.05) is 11.8 Å². The van der Waals surface area contributed by atoms with Crippen LogP contribution in [-0.2, 0) is 13.0 Å². The first-order valence-electron chi connectivity index (χ1n) is 8.68. The van der Waals surface area contributed by atoms with Crippen molar-refractivity contribution in [1.29, 1.82) is 0 Å². The van der Waals surface area contributed by atoms with Crippen LogP contribution >= 0.6 is 0 Å². The molecule has 0 fully saturated rings. The fourth-order valence-corrected chi connectivity index (χ4v) is 3.86. The fourth-order valence-electron chi connectivity index (χ4n) is 3.86. The van der Waals surface area contributed by atoms with E-state index in [1.54, 1.807) is 34.5 Å². The second kappa shape index (κ2) is 6.54. The molecule has 3 aromatic rings. The van der Waals surface area contributed by atoms with Crippen LogP contribution in [0.5, 0.6) is 28.7 Å². The summed E-state index contributed by atoms with van der Waals surface area (Å²) in [6, 6.07) is 7.49. The highest BCUT2D eigenvalue weighted by atomic mass is 16.5. The average Bonchev–Trinajstić information content (AvgIpc) is 2.70. The molecule has 0 radical (unpaired) electrons. The summed E-state index contributed by atoms with van der Waals surface area (Å²) in [5, 5.41) is 12.0. The molecule has 0 amide bonds. The number of ether oxygens (including phenoxy) is 4. The molecular weight excluding hydrogens is 346 g/mol. The molecule has 1 aliphatic heterocycles. The molecule has 1 aliphatic rings. The molecule has 2 aromatic carbocycles. The average molecular weight is 368 g/mol. The Hall–Kier alpha value is -3.15. The fraction of sp³-hybridized carbons (Fsp3) is 0.286. The zero-order valence-corrected chi connectivity index (χ0v) is 15.8. The smallest absolute Gasteiger partial charge is 0.256 e. The predicted molar refractivity (Wildman–Crippen MR) is 101 cm³/mol. The number of nitrogens with zero attached hydrogens (tertiary/aromatic N) is 1. The highest BCUT2D eigenvalue weighted by Crippen LogP contribution is 2.45. The van der Waals surface area contributed by atoms with E-state index in [4.69, 9.17) is 18.9 Å². The van der Waals surface area contributed by atoms with Crippen LogP contribution in [0.25, 0.3) is 22.0 Å². The number of phenols is 1. The molecule has 27 heavy (non-hydrogen) atoms. The van der Waals surface area contributed by atoms with Gasteiger partial charge in [-0.3, -0.25) is 0 Å². The lowest BCUT2D eigenvalue weighted by Crippen LogP contribution is -2.40. The summed E-state index contributed by atoms with van der Waals surface area (Å²) in [5.74, 6) is 2.70. The minimum atomic E-state index is 0.149. The van der Waals surface area contributed by atoms with E-state index in [0.29, 0.717) is 17.2 Å². The molecule has 6 nitrogen and oxygen atoms in total. The van der Waals surface area contributed by atoms with Crippen molar-refractivity contribution in [3.63, 3.8) is 0 Å². The lowest BCUT2D eigenvalue weighted by Gasteiger charge is -2.20. The van der Waals surface area contributed by atoms with E-state index in [1.807, 2.05) is 18.2 Å². The zero-order chi connectivity index (χ0) is 19.1. The normalized spacial score (nSPS) is 12.3. The molecule has 2 heterocycles. The molecule has 4 rings (SSSR count). The Morgan fingerprint density at radius 2 is 1.59 bits per heavy atom. The molecule has 0 aliphatic carbocycles. The van der Waals surface area contributed by atoms with Crippen molar-refractivity contribution in [1.82, 2.24) is 0 Å². The highest BCUT2D eigenvalue weighted by Gasteiger charge is 2.32. The molecule has 1 N–H and O–H groups in total. The van der Waals surface area contributed by atoms with E-state index in [9.17, 15) is 5.11 Å². The van der Waals surface area contributed by atoms with E-state index < -0.39 is 0 Å². The second-order valence-corrected chi connectivity index (χ2v) is 6.40. The molecule has 0 atom stereocenters. The van der Waals surface area contributed by atoms with Crippen molar-refractivity contribution < 1.29 is 28.6 Å². The number of benzene rings is 2. The van der Waals surface area contributed by atoms with Crippen molar-refractivity contribution in [2.24, 2.45) is 0 Å². The molecule has 6 heteroatoms. The van der Waals surface area contributed by atoms with Crippen LogP contribution in [0.3, 0.4) is 0 Å². The summed E-state index contributed by atoms with van der Waals surface area (Å²) in [6.45, 7) is 0.765. The van der Waals surface area contributed by atoms with E-state index in [2.05, 4.69) is 10.8 Å². The summed E-state index contributed by atoms with van der Waals surface area (Å²) in [4.78, 5) is 0. The Balaban J connectivity index is 2.08. The van der Waals surface area contributed by atoms with E-state index >= 15 is 0 Å². The third-order valence-electron chi connectivity index (χ3n) is 5.10. The second-order valence-electron chi connectivity index (χ2n) is 6.40. The maximum atomic E-state index is 10.1. The van der Waals surface area contributed by atoms with Crippen molar-refractivity contribution in [2.45, 2.75) is 13.0 Å². The number of hydrogen-bond acceptors (Lipinski definition) is 5. The van der Waals surface area contributed by atoms with Crippen LogP contribution in [0.15, 0.2) is 30.5 Å². The molecule has 0 unspecified atom stereocenters. The Morgan fingerprint density at radius 3 is 2.26 bits per heavy atom.